The maximum Gasteiger partial charge on any atom is 0.295 e. The molecule has 0 spiro atoms. The highest BCUT2D eigenvalue weighted by atomic mass is 16.3. The van der Waals surface area contributed by atoms with Gasteiger partial charge in [-0.05, 0) is 44.0 Å². The van der Waals surface area contributed by atoms with Crippen molar-refractivity contribution in [2.45, 2.75) is 19.8 Å². The molecule has 2 aromatic carbocycles. The zero-order chi connectivity index (χ0) is 23.5. The maximum atomic E-state index is 12.7. The van der Waals surface area contributed by atoms with Gasteiger partial charge < -0.3 is 10.0 Å². The Bertz CT molecular complexity index is 1320. The smallest absolute Gasteiger partial charge is 0.295 e. The molecule has 34 heavy (non-hydrogen) atoms. The van der Waals surface area contributed by atoms with E-state index >= 15 is 0 Å². The second-order valence-electron chi connectivity index (χ2n) is 8.11. The number of nitrogens with one attached hydrogen (secondary N) is 1. The number of aryl methyl sites for hydroxylation is 1. The Kier molecular flexibility index (Phi) is 5.82. The molecule has 172 valence electrons. The first kappa shape index (κ1) is 21.4. The molecule has 1 fully saturated rings. The summed E-state index contributed by atoms with van der Waals surface area (Å²) in [5, 5.41) is 23.4. The number of anilines is 1. The molecule has 1 amide bonds. The van der Waals surface area contributed by atoms with Crippen LogP contribution >= 0.6 is 0 Å². The summed E-state index contributed by atoms with van der Waals surface area (Å²) < 4.78 is 3.38. The number of hydrazone groups is 1. The van der Waals surface area contributed by atoms with E-state index in [9.17, 15) is 9.90 Å². The van der Waals surface area contributed by atoms with Crippen LogP contribution in [-0.2, 0) is 0 Å². The molecular weight excluding hydrogens is 430 g/mol. The molecule has 9 heteroatoms. The van der Waals surface area contributed by atoms with E-state index < -0.39 is 5.91 Å². The lowest BCUT2D eigenvalue weighted by Crippen LogP contribution is -2.23. The van der Waals surface area contributed by atoms with E-state index in [2.05, 4.69) is 20.5 Å². The minimum atomic E-state index is -0.598. The molecule has 0 atom stereocenters. The molecule has 0 radical (unpaired) electrons. The van der Waals surface area contributed by atoms with E-state index in [-0.39, 0.29) is 11.4 Å². The van der Waals surface area contributed by atoms with Crippen LogP contribution in [0, 0.1) is 6.92 Å². The van der Waals surface area contributed by atoms with Gasteiger partial charge in [-0.3, -0.25) is 4.79 Å². The Hall–Kier alpha value is -4.40. The average Bonchev–Trinajstić information content (AvgIpc) is 3.60. The Balaban J connectivity index is 1.40. The predicted molar refractivity (Wildman–Crippen MR) is 130 cm³/mol. The largest absolute Gasteiger partial charge is 0.504 e. The van der Waals surface area contributed by atoms with Crippen LogP contribution in [0.15, 0.2) is 72.0 Å². The molecule has 0 bridgehead atoms. The van der Waals surface area contributed by atoms with Crippen molar-refractivity contribution in [1.29, 1.82) is 0 Å². The van der Waals surface area contributed by atoms with Gasteiger partial charge in [0.05, 0.1) is 35.0 Å². The summed E-state index contributed by atoms with van der Waals surface area (Å²) in [6, 6.07) is 19.2. The maximum absolute atomic E-state index is 12.7. The van der Waals surface area contributed by atoms with Crippen molar-refractivity contribution in [2.75, 3.05) is 18.0 Å². The molecule has 2 aromatic heterocycles. The fourth-order valence-electron chi connectivity index (χ4n) is 4.11. The summed E-state index contributed by atoms with van der Waals surface area (Å²) in [5.74, 6) is 0.136. The van der Waals surface area contributed by atoms with Crippen LogP contribution in [0.1, 0.15) is 34.6 Å². The van der Waals surface area contributed by atoms with E-state index in [0.717, 1.165) is 54.4 Å². The monoisotopic (exact) mass is 455 g/mol. The van der Waals surface area contributed by atoms with Gasteiger partial charge in [0.25, 0.3) is 5.91 Å². The number of carbonyl (C=O) groups is 1. The molecule has 1 saturated heterocycles. The lowest BCUT2D eigenvalue weighted by atomic mass is 10.2. The first-order valence-electron chi connectivity index (χ1n) is 11.2. The third-order valence-corrected chi connectivity index (χ3v) is 5.78. The number of hydrogen-bond donors (Lipinski definition) is 2. The van der Waals surface area contributed by atoms with Gasteiger partial charge in [-0.2, -0.15) is 15.3 Å². The van der Waals surface area contributed by atoms with E-state index in [0.29, 0.717) is 0 Å². The number of nitrogens with zero attached hydrogens (tertiary/aromatic N) is 6. The van der Waals surface area contributed by atoms with E-state index in [1.807, 2.05) is 72.3 Å². The lowest BCUT2D eigenvalue weighted by molar-refractivity contribution is 0.0947. The van der Waals surface area contributed by atoms with Crippen LogP contribution in [0.2, 0.25) is 0 Å². The van der Waals surface area contributed by atoms with Crippen LogP contribution in [-0.4, -0.2) is 49.9 Å². The number of hydrogen-bond acceptors (Lipinski definition) is 6. The van der Waals surface area contributed by atoms with E-state index in [1.54, 1.807) is 6.21 Å². The Morgan fingerprint density at radius 2 is 1.65 bits per heavy atom. The van der Waals surface area contributed by atoms with Crippen molar-refractivity contribution in [3.05, 3.63) is 83.8 Å². The van der Waals surface area contributed by atoms with Crippen LogP contribution in [0.4, 0.5) is 5.82 Å². The highest BCUT2D eigenvalue weighted by Crippen LogP contribution is 2.29. The Morgan fingerprint density at radius 3 is 2.32 bits per heavy atom. The van der Waals surface area contributed by atoms with Crippen molar-refractivity contribution in [3.63, 3.8) is 0 Å². The summed E-state index contributed by atoms with van der Waals surface area (Å²) in [4.78, 5) is 15.0. The molecule has 4 aromatic rings. The number of aromatic hydroxyl groups is 1. The molecule has 1 aliphatic rings. The number of aromatic nitrogens is 4. The molecule has 9 nitrogen and oxygen atoms in total. The SMILES string of the molecule is Cc1nn(-c2ccccc2)c(N2CCCC2)c1/C=N/NC(=O)c1nn(-c2ccccc2)cc1O. The van der Waals surface area contributed by atoms with Gasteiger partial charge in [0.2, 0.25) is 0 Å². The van der Waals surface area contributed by atoms with Crippen molar-refractivity contribution in [2.24, 2.45) is 5.10 Å². The fraction of sp³-hybridized carbons (Fsp3) is 0.200. The normalized spacial score (nSPS) is 13.6. The molecule has 3 heterocycles. The standard InChI is InChI=1S/C25H25N7O2/c1-18-21(25(30-14-8-9-15-30)32(28-18)20-12-6-3-7-13-20)16-26-27-24(34)23-22(33)17-31(29-23)19-10-4-2-5-11-19/h2-7,10-13,16-17,33H,8-9,14-15H2,1H3,(H,27,34)/b26-16+. The number of rotatable bonds is 6. The topological polar surface area (TPSA) is 101 Å². The summed E-state index contributed by atoms with van der Waals surface area (Å²) in [7, 11) is 0. The van der Waals surface area contributed by atoms with Crippen LogP contribution in [0.5, 0.6) is 5.75 Å². The van der Waals surface area contributed by atoms with Crippen molar-refractivity contribution in [3.8, 4) is 17.1 Å². The molecule has 1 aliphatic heterocycles. The zero-order valence-electron chi connectivity index (χ0n) is 18.8. The summed E-state index contributed by atoms with van der Waals surface area (Å²) >= 11 is 0. The van der Waals surface area contributed by atoms with Gasteiger partial charge in [0, 0.05) is 13.1 Å². The first-order valence-corrected chi connectivity index (χ1v) is 11.2. The van der Waals surface area contributed by atoms with Crippen LogP contribution < -0.4 is 10.3 Å². The summed E-state index contributed by atoms with van der Waals surface area (Å²) in [5.41, 5.74) is 5.73. The first-order chi connectivity index (χ1) is 16.6. The minimum absolute atomic E-state index is 0.0996. The number of amides is 1. The number of carbonyl (C=O) groups excluding carboxylic acids is 1. The number of para-hydroxylation sites is 2. The van der Waals surface area contributed by atoms with Crippen LogP contribution in [0.25, 0.3) is 11.4 Å². The molecule has 5 rings (SSSR count). The second kappa shape index (κ2) is 9.22. The molecule has 0 unspecified atom stereocenters. The van der Waals surface area contributed by atoms with Crippen molar-refractivity contribution >= 4 is 17.9 Å². The van der Waals surface area contributed by atoms with E-state index in [4.69, 9.17) is 5.10 Å². The zero-order valence-corrected chi connectivity index (χ0v) is 18.8. The highest BCUT2D eigenvalue weighted by molar-refractivity contribution is 5.96. The molecular formula is C25H25N7O2. The lowest BCUT2D eigenvalue weighted by Gasteiger charge is -2.20. The highest BCUT2D eigenvalue weighted by Gasteiger charge is 2.24. The van der Waals surface area contributed by atoms with Gasteiger partial charge in [0.15, 0.2) is 11.4 Å². The number of benzene rings is 2. The summed E-state index contributed by atoms with van der Waals surface area (Å²) in [6.45, 7) is 3.81. The van der Waals surface area contributed by atoms with Crippen LogP contribution in [0.3, 0.4) is 0 Å². The molecule has 0 aliphatic carbocycles. The predicted octanol–water partition coefficient (Wildman–Crippen LogP) is 3.44. The Labute approximate surface area is 196 Å². The quantitative estimate of drug-likeness (QED) is 0.343. The molecule has 2 N–H and O–H groups in total. The molecule has 0 saturated carbocycles. The minimum Gasteiger partial charge on any atom is -0.504 e. The third-order valence-electron chi connectivity index (χ3n) is 5.78. The third kappa shape index (κ3) is 4.15. The van der Waals surface area contributed by atoms with Gasteiger partial charge in [-0.25, -0.2) is 14.8 Å². The van der Waals surface area contributed by atoms with Gasteiger partial charge >= 0.3 is 0 Å². The average molecular weight is 456 g/mol. The fourth-order valence-corrected chi connectivity index (χ4v) is 4.11. The van der Waals surface area contributed by atoms with Gasteiger partial charge in [-0.15, -0.1) is 0 Å². The second-order valence-corrected chi connectivity index (χ2v) is 8.11. The summed E-state index contributed by atoms with van der Waals surface area (Å²) in [6.07, 6.45) is 5.25. The van der Waals surface area contributed by atoms with Crippen molar-refractivity contribution < 1.29 is 9.90 Å². The van der Waals surface area contributed by atoms with Gasteiger partial charge in [-0.1, -0.05) is 36.4 Å². The van der Waals surface area contributed by atoms with E-state index in [1.165, 1.54) is 10.9 Å². The van der Waals surface area contributed by atoms with Crippen molar-refractivity contribution in [1.82, 2.24) is 25.0 Å². The van der Waals surface area contributed by atoms with Gasteiger partial charge in [0.1, 0.15) is 5.82 Å². The Morgan fingerprint density at radius 1 is 1.00 bits per heavy atom.